The first-order chi connectivity index (χ1) is 13.0. The third-order valence-corrected chi connectivity index (χ3v) is 4.39. The van der Waals surface area contributed by atoms with Crippen LogP contribution in [0.3, 0.4) is 0 Å². The minimum absolute atomic E-state index is 0.0410. The molecule has 0 atom stereocenters. The highest BCUT2D eigenvalue weighted by molar-refractivity contribution is 5.99. The second-order valence-corrected chi connectivity index (χ2v) is 6.71. The van der Waals surface area contributed by atoms with Crippen LogP contribution in [0.5, 0.6) is 5.75 Å². The fourth-order valence-electron chi connectivity index (χ4n) is 3.28. The van der Waals surface area contributed by atoms with E-state index in [1.54, 1.807) is 9.80 Å². The molecule has 6 heteroatoms. The molecule has 1 fully saturated rings. The summed E-state index contributed by atoms with van der Waals surface area (Å²) in [6.07, 6.45) is 0. The van der Waals surface area contributed by atoms with Crippen molar-refractivity contribution in [1.82, 2.24) is 4.90 Å². The summed E-state index contributed by atoms with van der Waals surface area (Å²) in [5.41, 5.74) is 3.74. The van der Waals surface area contributed by atoms with Gasteiger partial charge in [0.15, 0.2) is 0 Å². The molecule has 0 radical (unpaired) electrons. The molecular weight excluding hydrogens is 342 g/mol. The van der Waals surface area contributed by atoms with E-state index >= 15 is 0 Å². The van der Waals surface area contributed by atoms with E-state index in [4.69, 9.17) is 4.74 Å². The first kappa shape index (κ1) is 18.8. The van der Waals surface area contributed by atoms with Crippen LogP contribution in [-0.2, 0) is 4.79 Å². The molecule has 27 heavy (non-hydrogen) atoms. The number of carbonyl (C=O) groups is 2. The van der Waals surface area contributed by atoms with Gasteiger partial charge in [0.25, 0.3) is 0 Å². The van der Waals surface area contributed by atoms with Gasteiger partial charge in [0.1, 0.15) is 12.3 Å². The highest BCUT2D eigenvalue weighted by atomic mass is 16.5. The fourth-order valence-corrected chi connectivity index (χ4v) is 3.28. The van der Waals surface area contributed by atoms with E-state index in [0.29, 0.717) is 19.7 Å². The number of aryl methyl sites for hydroxylation is 2. The third kappa shape index (κ3) is 4.58. The Morgan fingerprint density at radius 1 is 1.07 bits per heavy atom. The van der Waals surface area contributed by atoms with Gasteiger partial charge in [-0.1, -0.05) is 6.07 Å². The quantitative estimate of drug-likeness (QED) is 0.849. The normalized spacial score (nSPS) is 13.8. The molecule has 142 valence electrons. The van der Waals surface area contributed by atoms with Crippen LogP contribution in [0.2, 0.25) is 0 Å². The van der Waals surface area contributed by atoms with Crippen LogP contribution in [0.1, 0.15) is 18.1 Å². The number of urea groups is 1. The van der Waals surface area contributed by atoms with Crippen molar-refractivity contribution in [3.05, 3.63) is 53.6 Å². The van der Waals surface area contributed by atoms with Gasteiger partial charge in [0, 0.05) is 24.5 Å². The number of hydrogen-bond donors (Lipinski definition) is 1. The molecule has 2 aromatic rings. The number of ether oxygens (including phenoxy) is 1. The number of carbonyl (C=O) groups excluding carboxylic acids is 2. The van der Waals surface area contributed by atoms with Crippen LogP contribution in [0.25, 0.3) is 0 Å². The predicted molar refractivity (Wildman–Crippen MR) is 106 cm³/mol. The zero-order valence-electron chi connectivity index (χ0n) is 16.0. The van der Waals surface area contributed by atoms with Gasteiger partial charge in [-0.15, -0.1) is 0 Å². The molecule has 0 unspecified atom stereocenters. The number of amides is 3. The van der Waals surface area contributed by atoms with Gasteiger partial charge in [-0.05, 0) is 68.3 Å². The number of benzene rings is 2. The Morgan fingerprint density at radius 3 is 2.37 bits per heavy atom. The molecule has 3 rings (SSSR count). The Kier molecular flexibility index (Phi) is 5.64. The molecule has 6 nitrogen and oxygen atoms in total. The highest BCUT2D eigenvalue weighted by Crippen LogP contribution is 2.23. The average molecular weight is 367 g/mol. The smallest absolute Gasteiger partial charge is 0.325 e. The second-order valence-electron chi connectivity index (χ2n) is 6.71. The van der Waals surface area contributed by atoms with Gasteiger partial charge in [-0.25, -0.2) is 4.79 Å². The number of hydrogen-bond acceptors (Lipinski definition) is 3. The van der Waals surface area contributed by atoms with Gasteiger partial charge in [0.05, 0.1) is 6.61 Å². The van der Waals surface area contributed by atoms with E-state index in [1.807, 2.05) is 63.2 Å². The molecule has 0 spiro atoms. The van der Waals surface area contributed by atoms with Crippen LogP contribution in [0.4, 0.5) is 16.2 Å². The zero-order valence-corrected chi connectivity index (χ0v) is 16.0. The molecular formula is C21H25N3O3. The van der Waals surface area contributed by atoms with Crippen LogP contribution in [-0.4, -0.2) is 43.1 Å². The van der Waals surface area contributed by atoms with E-state index in [1.165, 1.54) is 0 Å². The molecule has 1 heterocycles. The Balaban J connectivity index is 1.60. The van der Waals surface area contributed by atoms with Crippen LogP contribution in [0.15, 0.2) is 42.5 Å². The molecule has 0 aromatic heterocycles. The minimum Gasteiger partial charge on any atom is -0.494 e. The SMILES string of the molecule is CCOc1ccc(N2CCN(CC(=O)Nc3cc(C)cc(C)c3)C2=O)cc1. The Labute approximate surface area is 159 Å². The fraction of sp³-hybridized carbons (Fsp3) is 0.333. The summed E-state index contributed by atoms with van der Waals surface area (Å²) in [7, 11) is 0. The lowest BCUT2D eigenvalue weighted by atomic mass is 10.1. The predicted octanol–water partition coefficient (Wildman–Crippen LogP) is 3.58. The maximum absolute atomic E-state index is 12.7. The Morgan fingerprint density at radius 2 is 1.74 bits per heavy atom. The summed E-state index contributed by atoms with van der Waals surface area (Å²) in [6, 6.07) is 13.2. The monoisotopic (exact) mass is 367 g/mol. The lowest BCUT2D eigenvalue weighted by Crippen LogP contribution is -2.37. The van der Waals surface area contributed by atoms with E-state index in [0.717, 1.165) is 28.3 Å². The van der Waals surface area contributed by atoms with Crippen LogP contribution in [0, 0.1) is 13.8 Å². The lowest BCUT2D eigenvalue weighted by molar-refractivity contribution is -0.116. The van der Waals surface area contributed by atoms with Gasteiger partial charge in [-0.2, -0.15) is 0 Å². The molecule has 1 saturated heterocycles. The molecule has 1 aliphatic rings. The topological polar surface area (TPSA) is 61.9 Å². The maximum Gasteiger partial charge on any atom is 0.325 e. The third-order valence-electron chi connectivity index (χ3n) is 4.39. The van der Waals surface area contributed by atoms with Crippen molar-refractivity contribution in [3.63, 3.8) is 0 Å². The number of anilines is 2. The minimum atomic E-state index is -0.193. The molecule has 1 aliphatic heterocycles. The summed E-state index contributed by atoms with van der Waals surface area (Å²) in [6.45, 7) is 7.63. The van der Waals surface area contributed by atoms with Gasteiger partial charge in [-0.3, -0.25) is 9.69 Å². The first-order valence-corrected chi connectivity index (χ1v) is 9.13. The van der Waals surface area contributed by atoms with Crippen LogP contribution >= 0.6 is 0 Å². The molecule has 0 saturated carbocycles. The molecule has 2 aromatic carbocycles. The Bertz CT molecular complexity index is 813. The van der Waals surface area contributed by atoms with E-state index in [-0.39, 0.29) is 18.5 Å². The highest BCUT2D eigenvalue weighted by Gasteiger charge is 2.30. The summed E-state index contributed by atoms with van der Waals surface area (Å²) >= 11 is 0. The van der Waals surface area contributed by atoms with Crippen molar-refractivity contribution in [3.8, 4) is 5.75 Å². The van der Waals surface area contributed by atoms with Crippen molar-refractivity contribution in [2.75, 3.05) is 36.5 Å². The molecule has 3 amide bonds. The van der Waals surface area contributed by atoms with Gasteiger partial charge < -0.3 is 15.0 Å². The van der Waals surface area contributed by atoms with Crippen molar-refractivity contribution in [2.24, 2.45) is 0 Å². The Hall–Kier alpha value is -3.02. The lowest BCUT2D eigenvalue weighted by Gasteiger charge is -2.19. The van der Waals surface area contributed by atoms with E-state index < -0.39 is 0 Å². The summed E-state index contributed by atoms with van der Waals surface area (Å²) in [5.74, 6) is 0.583. The zero-order chi connectivity index (χ0) is 19.4. The van der Waals surface area contributed by atoms with Crippen LogP contribution < -0.4 is 15.0 Å². The number of nitrogens with zero attached hydrogens (tertiary/aromatic N) is 2. The average Bonchev–Trinajstić information content (AvgIpc) is 2.95. The number of rotatable bonds is 6. The summed E-state index contributed by atoms with van der Waals surface area (Å²) < 4.78 is 5.43. The summed E-state index contributed by atoms with van der Waals surface area (Å²) in [5, 5.41) is 2.88. The van der Waals surface area contributed by atoms with Crippen molar-refractivity contribution in [2.45, 2.75) is 20.8 Å². The summed E-state index contributed by atoms with van der Waals surface area (Å²) in [4.78, 5) is 28.3. The van der Waals surface area contributed by atoms with E-state index in [2.05, 4.69) is 5.32 Å². The largest absolute Gasteiger partial charge is 0.494 e. The first-order valence-electron chi connectivity index (χ1n) is 9.13. The van der Waals surface area contributed by atoms with Gasteiger partial charge in [0.2, 0.25) is 5.91 Å². The maximum atomic E-state index is 12.7. The van der Waals surface area contributed by atoms with Crippen molar-refractivity contribution >= 4 is 23.3 Å². The molecule has 0 bridgehead atoms. The molecule has 0 aliphatic carbocycles. The number of nitrogens with one attached hydrogen (secondary N) is 1. The van der Waals surface area contributed by atoms with Crippen molar-refractivity contribution in [1.29, 1.82) is 0 Å². The standard InChI is InChI=1S/C21H25N3O3/c1-4-27-19-7-5-18(6-8-19)24-10-9-23(21(24)26)14-20(25)22-17-12-15(2)11-16(3)13-17/h5-8,11-13H,4,9-10,14H2,1-3H3,(H,22,25). The van der Waals surface area contributed by atoms with Crippen molar-refractivity contribution < 1.29 is 14.3 Å². The van der Waals surface area contributed by atoms with Gasteiger partial charge >= 0.3 is 6.03 Å². The molecule has 1 N–H and O–H groups in total. The second kappa shape index (κ2) is 8.12. The van der Waals surface area contributed by atoms with E-state index in [9.17, 15) is 9.59 Å².